The van der Waals surface area contributed by atoms with Crippen molar-refractivity contribution in [2.75, 3.05) is 7.05 Å². The van der Waals surface area contributed by atoms with Crippen molar-refractivity contribution in [2.45, 2.75) is 26.8 Å². The summed E-state index contributed by atoms with van der Waals surface area (Å²) in [6.07, 6.45) is 3.29. The average Bonchev–Trinajstić information content (AvgIpc) is 3.47. The Morgan fingerprint density at radius 1 is 1.21 bits per heavy atom. The number of carbonyl (C=O) groups excluding carboxylic acids is 1. The molecule has 148 valence electrons. The molecule has 0 radical (unpaired) electrons. The molecule has 0 bridgehead atoms. The minimum absolute atomic E-state index is 0.108. The molecule has 0 unspecified atom stereocenters. The van der Waals surface area contributed by atoms with Gasteiger partial charge in [0.25, 0.3) is 11.9 Å². The van der Waals surface area contributed by atoms with Crippen LogP contribution in [0.25, 0.3) is 16.5 Å². The molecule has 0 aromatic carbocycles. The highest BCUT2D eigenvalue weighted by Gasteiger charge is 2.25. The van der Waals surface area contributed by atoms with E-state index in [1.54, 1.807) is 51.7 Å². The Morgan fingerprint density at radius 2 is 2.03 bits per heavy atom. The Morgan fingerprint density at radius 3 is 2.72 bits per heavy atom. The molecule has 0 aliphatic carbocycles. The molecule has 1 atom stereocenters. The van der Waals surface area contributed by atoms with E-state index in [9.17, 15) is 4.79 Å². The SMILES string of the molecule is Cc1csc([C@H](C)N(C)C(=O)c2cnn(-c3nccc(-c4cccs4)n3)c2C)n1. The van der Waals surface area contributed by atoms with E-state index in [4.69, 9.17) is 0 Å². The Labute approximate surface area is 176 Å². The standard InChI is InChI=1S/C20H20N6OS2/c1-12-11-29-18(23-12)14(3)25(4)19(27)15-10-22-26(13(15)2)20-21-8-7-16(24-20)17-6-5-9-28-17/h5-11,14H,1-4H3/t14-/m0/s1. The fourth-order valence-corrected chi connectivity index (χ4v) is 4.52. The van der Waals surface area contributed by atoms with Gasteiger partial charge in [-0.05, 0) is 38.3 Å². The van der Waals surface area contributed by atoms with E-state index in [2.05, 4.69) is 20.1 Å². The quantitative estimate of drug-likeness (QED) is 0.477. The maximum Gasteiger partial charge on any atom is 0.257 e. The van der Waals surface area contributed by atoms with Gasteiger partial charge in [0.05, 0.1) is 34.1 Å². The molecule has 0 spiro atoms. The molecule has 0 fully saturated rings. The first-order valence-corrected chi connectivity index (χ1v) is 10.8. The zero-order valence-electron chi connectivity index (χ0n) is 16.5. The number of thiophene rings is 1. The Kier molecular flexibility index (Phi) is 5.25. The lowest BCUT2D eigenvalue weighted by atomic mass is 10.2. The molecule has 4 heterocycles. The van der Waals surface area contributed by atoms with Gasteiger partial charge >= 0.3 is 0 Å². The molecular formula is C20H20N6OS2. The van der Waals surface area contributed by atoms with Crippen LogP contribution < -0.4 is 0 Å². The van der Waals surface area contributed by atoms with Gasteiger partial charge in [-0.3, -0.25) is 4.79 Å². The lowest BCUT2D eigenvalue weighted by Crippen LogP contribution is -2.30. The predicted octanol–water partition coefficient (Wildman–Crippen LogP) is 4.30. The first-order chi connectivity index (χ1) is 14.0. The maximum absolute atomic E-state index is 13.1. The number of hydrogen-bond donors (Lipinski definition) is 0. The van der Waals surface area contributed by atoms with Crippen LogP contribution in [0.2, 0.25) is 0 Å². The first-order valence-electron chi connectivity index (χ1n) is 9.07. The van der Waals surface area contributed by atoms with Crippen molar-refractivity contribution in [1.29, 1.82) is 0 Å². The summed E-state index contributed by atoms with van der Waals surface area (Å²) < 4.78 is 1.61. The molecule has 9 heteroatoms. The van der Waals surface area contributed by atoms with Crippen LogP contribution in [0.4, 0.5) is 0 Å². The van der Waals surface area contributed by atoms with Gasteiger partial charge in [0, 0.05) is 24.3 Å². The summed E-state index contributed by atoms with van der Waals surface area (Å²) in [7, 11) is 1.79. The number of aryl methyl sites for hydroxylation is 1. The van der Waals surface area contributed by atoms with Crippen molar-refractivity contribution in [3.63, 3.8) is 0 Å². The summed E-state index contributed by atoms with van der Waals surface area (Å²) in [4.78, 5) is 29.3. The fraction of sp³-hybridized carbons (Fsp3) is 0.250. The van der Waals surface area contributed by atoms with Crippen LogP contribution >= 0.6 is 22.7 Å². The second kappa shape index (κ2) is 7.84. The molecule has 7 nitrogen and oxygen atoms in total. The van der Waals surface area contributed by atoms with Gasteiger partial charge in [0.1, 0.15) is 5.01 Å². The monoisotopic (exact) mass is 424 g/mol. The van der Waals surface area contributed by atoms with Gasteiger partial charge < -0.3 is 4.90 Å². The lowest BCUT2D eigenvalue weighted by Gasteiger charge is -2.23. The highest BCUT2D eigenvalue weighted by Crippen LogP contribution is 2.26. The van der Waals surface area contributed by atoms with Gasteiger partial charge in [-0.25, -0.2) is 19.6 Å². The minimum Gasteiger partial charge on any atom is -0.332 e. The molecule has 0 saturated heterocycles. The second-order valence-corrected chi connectivity index (χ2v) is 8.53. The zero-order valence-corrected chi connectivity index (χ0v) is 18.2. The van der Waals surface area contributed by atoms with Crippen LogP contribution in [-0.4, -0.2) is 42.6 Å². The first kappa shape index (κ1) is 19.4. The van der Waals surface area contributed by atoms with E-state index in [-0.39, 0.29) is 11.9 Å². The van der Waals surface area contributed by atoms with Gasteiger partial charge in [0.2, 0.25) is 0 Å². The van der Waals surface area contributed by atoms with E-state index in [1.807, 2.05) is 49.7 Å². The molecule has 0 aliphatic heterocycles. The topological polar surface area (TPSA) is 76.8 Å². The number of amides is 1. The van der Waals surface area contributed by atoms with E-state index >= 15 is 0 Å². The van der Waals surface area contributed by atoms with Crippen LogP contribution in [0.5, 0.6) is 0 Å². The Bertz CT molecular complexity index is 1150. The zero-order chi connectivity index (χ0) is 20.5. The molecule has 4 aromatic rings. The molecule has 1 amide bonds. The number of rotatable bonds is 5. The summed E-state index contributed by atoms with van der Waals surface area (Å²) in [5, 5.41) is 9.29. The number of nitrogens with zero attached hydrogens (tertiary/aromatic N) is 6. The summed E-state index contributed by atoms with van der Waals surface area (Å²) in [6, 6.07) is 5.74. The summed E-state index contributed by atoms with van der Waals surface area (Å²) in [5.74, 6) is 0.335. The third-order valence-corrected chi connectivity index (χ3v) is 6.77. The third kappa shape index (κ3) is 3.70. The van der Waals surface area contributed by atoms with Crippen molar-refractivity contribution < 1.29 is 4.79 Å². The van der Waals surface area contributed by atoms with Crippen LogP contribution in [0, 0.1) is 13.8 Å². The van der Waals surface area contributed by atoms with Crippen LogP contribution in [0.1, 0.15) is 39.7 Å². The largest absolute Gasteiger partial charge is 0.332 e. The number of thiazole rings is 1. The number of hydrogen-bond acceptors (Lipinski definition) is 7. The molecule has 29 heavy (non-hydrogen) atoms. The molecule has 0 N–H and O–H groups in total. The van der Waals surface area contributed by atoms with Crippen molar-refractivity contribution >= 4 is 28.6 Å². The second-order valence-electron chi connectivity index (χ2n) is 6.69. The molecular weight excluding hydrogens is 404 g/mol. The van der Waals surface area contributed by atoms with Crippen molar-refractivity contribution in [3.05, 3.63) is 63.3 Å². The summed E-state index contributed by atoms with van der Waals surface area (Å²) in [6.45, 7) is 5.78. The van der Waals surface area contributed by atoms with Gasteiger partial charge in [0.15, 0.2) is 0 Å². The number of carbonyl (C=O) groups is 1. The minimum atomic E-state index is -0.123. The molecule has 4 aromatic heterocycles. The number of aromatic nitrogens is 5. The third-order valence-electron chi connectivity index (χ3n) is 4.74. The van der Waals surface area contributed by atoms with Crippen LogP contribution in [0.15, 0.2) is 41.4 Å². The Hall–Kier alpha value is -2.91. The van der Waals surface area contributed by atoms with E-state index in [0.717, 1.165) is 21.3 Å². The van der Waals surface area contributed by atoms with Crippen LogP contribution in [-0.2, 0) is 0 Å². The fourth-order valence-electron chi connectivity index (χ4n) is 2.93. The average molecular weight is 425 g/mol. The molecule has 0 saturated carbocycles. The smallest absolute Gasteiger partial charge is 0.257 e. The normalized spacial score (nSPS) is 12.1. The van der Waals surface area contributed by atoms with Gasteiger partial charge in [-0.1, -0.05) is 6.07 Å². The summed E-state index contributed by atoms with van der Waals surface area (Å²) in [5.41, 5.74) is 3.02. The van der Waals surface area contributed by atoms with E-state index < -0.39 is 0 Å². The van der Waals surface area contributed by atoms with Gasteiger partial charge in [-0.15, -0.1) is 22.7 Å². The predicted molar refractivity (Wildman–Crippen MR) is 115 cm³/mol. The van der Waals surface area contributed by atoms with Crippen molar-refractivity contribution in [1.82, 2.24) is 29.6 Å². The maximum atomic E-state index is 13.1. The lowest BCUT2D eigenvalue weighted by molar-refractivity contribution is 0.0741. The Balaban J connectivity index is 1.62. The van der Waals surface area contributed by atoms with Crippen molar-refractivity contribution in [3.8, 4) is 16.5 Å². The highest BCUT2D eigenvalue weighted by molar-refractivity contribution is 7.13. The van der Waals surface area contributed by atoms with E-state index in [0.29, 0.717) is 17.2 Å². The van der Waals surface area contributed by atoms with Crippen LogP contribution in [0.3, 0.4) is 0 Å². The highest BCUT2D eigenvalue weighted by atomic mass is 32.1. The van der Waals surface area contributed by atoms with Crippen molar-refractivity contribution in [2.24, 2.45) is 0 Å². The summed E-state index contributed by atoms with van der Waals surface area (Å²) >= 11 is 3.18. The van der Waals surface area contributed by atoms with Gasteiger partial charge in [-0.2, -0.15) is 5.10 Å². The molecule has 4 rings (SSSR count). The van der Waals surface area contributed by atoms with E-state index in [1.165, 1.54) is 0 Å². The molecule has 0 aliphatic rings.